The number of carbonyl (C=O) groups is 3. The van der Waals surface area contributed by atoms with Gasteiger partial charge in [0.1, 0.15) is 0 Å². The van der Waals surface area contributed by atoms with Crippen molar-refractivity contribution in [3.8, 4) is 0 Å². The van der Waals surface area contributed by atoms with Gasteiger partial charge in [0.25, 0.3) is 0 Å². The normalized spacial score (nSPS) is 29.3. The summed E-state index contributed by atoms with van der Waals surface area (Å²) in [7, 11) is 0. The van der Waals surface area contributed by atoms with Gasteiger partial charge < -0.3 is 5.32 Å². The Morgan fingerprint density at radius 1 is 1.23 bits per heavy atom. The zero-order valence-corrected chi connectivity index (χ0v) is 21.9. The third-order valence-corrected chi connectivity index (χ3v) is 8.05. The minimum atomic E-state index is -1.04. The van der Waals surface area contributed by atoms with Gasteiger partial charge in [0, 0.05) is 33.4 Å². The molecule has 184 valence electrons. The average Bonchev–Trinajstić information content (AvgIpc) is 3.38. The summed E-state index contributed by atoms with van der Waals surface area (Å²) in [5.41, 5.74) is 1.13. The number of nitrogens with zero attached hydrogens (tertiary/aromatic N) is 2. The zero-order valence-electron chi connectivity index (χ0n) is 18.9. The highest BCUT2D eigenvalue weighted by atomic mass is 35.5. The van der Waals surface area contributed by atoms with Crippen molar-refractivity contribution in [2.45, 2.75) is 24.9 Å². The van der Waals surface area contributed by atoms with E-state index in [1.165, 1.54) is 24.3 Å². The van der Waals surface area contributed by atoms with Crippen LogP contribution in [-0.2, 0) is 14.4 Å². The molecule has 3 amide bonds. The number of imide groups is 1. The molecule has 3 fully saturated rings. The summed E-state index contributed by atoms with van der Waals surface area (Å²) in [4.78, 5) is 42.5. The Morgan fingerprint density at radius 3 is 2.46 bits per heavy atom. The molecule has 4 atom stereocenters. The molecule has 1 aromatic carbocycles. The number of anilines is 1. The molecule has 3 heterocycles. The third kappa shape index (κ3) is 4.15. The number of benzene rings is 1. The molecule has 0 radical (unpaired) electrons. The van der Waals surface area contributed by atoms with Gasteiger partial charge in [-0.25, -0.2) is 4.90 Å². The Balaban J connectivity index is 1.95. The lowest BCUT2D eigenvalue weighted by atomic mass is 9.74. The molecule has 0 aliphatic carbocycles. The van der Waals surface area contributed by atoms with E-state index in [1.807, 2.05) is 6.92 Å². The Morgan fingerprint density at radius 2 is 1.89 bits per heavy atom. The van der Waals surface area contributed by atoms with Crippen LogP contribution in [0.5, 0.6) is 0 Å². The zero-order chi connectivity index (χ0) is 25.7. The van der Waals surface area contributed by atoms with Crippen LogP contribution in [0.25, 0.3) is 0 Å². The summed E-state index contributed by atoms with van der Waals surface area (Å²) in [6.07, 6.45) is 4.17. The van der Waals surface area contributed by atoms with Gasteiger partial charge >= 0.3 is 0 Å². The summed E-state index contributed by atoms with van der Waals surface area (Å²) < 4.78 is 0. The SMILES string of the molecule is C=C/C(Cl)=C\C(=C(/CCl)NC=O)C1(C)C2C(=O)N(c3cc(Cl)cc(Cl)c3)C(=O)C2C2CC(=C)CN21. The molecule has 1 N–H and O–H groups in total. The van der Waals surface area contributed by atoms with Crippen molar-refractivity contribution in [3.05, 3.63) is 75.4 Å². The van der Waals surface area contributed by atoms with E-state index in [9.17, 15) is 14.4 Å². The van der Waals surface area contributed by atoms with Crippen LogP contribution in [0, 0.1) is 11.8 Å². The standard InChI is InChI=1S/C25H23Cl4N3O3/c1-4-14(27)9-18(19(10-26)30-12-33)25(3)22-21(20-5-13(2)11-31(20)25)23(34)32(24(22)35)17-7-15(28)6-16(29)8-17/h4,6-9,12,20-22H,1-2,5,10-11H2,3H3,(H,30,33)/b14-9+,19-18-. The predicted molar refractivity (Wildman–Crippen MR) is 140 cm³/mol. The number of nitrogens with one attached hydrogen (secondary N) is 1. The molecule has 4 rings (SSSR count). The molecule has 3 saturated heterocycles. The number of alkyl halides is 1. The second kappa shape index (κ2) is 9.75. The van der Waals surface area contributed by atoms with Crippen molar-refractivity contribution in [1.29, 1.82) is 0 Å². The lowest BCUT2D eigenvalue weighted by molar-refractivity contribution is -0.124. The van der Waals surface area contributed by atoms with Crippen molar-refractivity contribution >= 4 is 70.3 Å². The fourth-order valence-corrected chi connectivity index (χ4v) is 6.59. The molecule has 1 aromatic rings. The third-order valence-electron chi connectivity index (χ3n) is 7.08. The molecule has 4 unspecified atom stereocenters. The fourth-order valence-electron chi connectivity index (χ4n) is 5.75. The van der Waals surface area contributed by atoms with Crippen LogP contribution in [0.3, 0.4) is 0 Å². The summed E-state index contributed by atoms with van der Waals surface area (Å²) in [6.45, 7) is 10.2. The lowest BCUT2D eigenvalue weighted by Gasteiger charge is -2.40. The van der Waals surface area contributed by atoms with Crippen molar-refractivity contribution < 1.29 is 14.4 Å². The highest BCUT2D eigenvalue weighted by molar-refractivity contribution is 6.36. The summed E-state index contributed by atoms with van der Waals surface area (Å²) in [6, 6.07) is 4.34. The van der Waals surface area contributed by atoms with Crippen LogP contribution in [0.2, 0.25) is 10.0 Å². The number of rotatable bonds is 7. The minimum absolute atomic E-state index is 0.0476. The van der Waals surface area contributed by atoms with E-state index in [-0.39, 0.29) is 23.7 Å². The van der Waals surface area contributed by atoms with Crippen molar-refractivity contribution in [2.75, 3.05) is 17.3 Å². The van der Waals surface area contributed by atoms with Crippen LogP contribution in [0.15, 0.2) is 65.4 Å². The van der Waals surface area contributed by atoms with Gasteiger partial charge in [0.2, 0.25) is 18.2 Å². The van der Waals surface area contributed by atoms with E-state index in [0.29, 0.717) is 51.4 Å². The van der Waals surface area contributed by atoms with Gasteiger partial charge in [0.15, 0.2) is 0 Å². The van der Waals surface area contributed by atoms with Gasteiger partial charge in [-0.1, -0.05) is 59.6 Å². The average molecular weight is 555 g/mol. The molecule has 10 heteroatoms. The number of allylic oxidation sites excluding steroid dienone is 3. The van der Waals surface area contributed by atoms with Gasteiger partial charge in [-0.15, -0.1) is 11.6 Å². The Bertz CT molecular complexity index is 1190. The van der Waals surface area contributed by atoms with Gasteiger partial charge in [-0.05, 0) is 43.2 Å². The van der Waals surface area contributed by atoms with Crippen LogP contribution in [0.4, 0.5) is 5.69 Å². The molecule has 6 nitrogen and oxygen atoms in total. The maximum absolute atomic E-state index is 14.0. The number of fused-ring (bicyclic) bond motifs is 3. The second-order valence-corrected chi connectivity index (χ2v) is 10.5. The quantitative estimate of drug-likeness (QED) is 0.168. The molecule has 0 bridgehead atoms. The first-order chi connectivity index (χ1) is 16.6. The monoisotopic (exact) mass is 553 g/mol. The van der Waals surface area contributed by atoms with E-state index in [1.54, 1.807) is 6.08 Å². The van der Waals surface area contributed by atoms with Crippen LogP contribution in [0.1, 0.15) is 13.3 Å². The maximum Gasteiger partial charge on any atom is 0.239 e. The highest BCUT2D eigenvalue weighted by Crippen LogP contribution is 2.57. The Labute approximate surface area is 223 Å². The van der Waals surface area contributed by atoms with Crippen LogP contribution in [-0.4, -0.2) is 47.1 Å². The summed E-state index contributed by atoms with van der Waals surface area (Å²) in [5, 5.41) is 3.57. The van der Waals surface area contributed by atoms with Crippen LogP contribution < -0.4 is 10.2 Å². The van der Waals surface area contributed by atoms with Crippen molar-refractivity contribution in [3.63, 3.8) is 0 Å². The van der Waals surface area contributed by atoms with E-state index in [4.69, 9.17) is 46.4 Å². The summed E-state index contributed by atoms with van der Waals surface area (Å²) in [5.74, 6) is -2.20. The van der Waals surface area contributed by atoms with E-state index < -0.39 is 17.4 Å². The first-order valence-electron chi connectivity index (χ1n) is 10.8. The fraction of sp³-hybridized carbons (Fsp3) is 0.320. The van der Waals surface area contributed by atoms with Gasteiger partial charge in [0.05, 0.1) is 28.9 Å². The first kappa shape index (κ1) is 26.0. The smallest absolute Gasteiger partial charge is 0.239 e. The molecular weight excluding hydrogens is 532 g/mol. The molecule has 3 aliphatic rings. The number of amides is 3. The molecule has 0 aromatic heterocycles. The van der Waals surface area contributed by atoms with Crippen molar-refractivity contribution in [1.82, 2.24) is 10.2 Å². The van der Waals surface area contributed by atoms with Gasteiger partial charge in [-0.2, -0.15) is 0 Å². The molecule has 35 heavy (non-hydrogen) atoms. The number of hydrogen-bond acceptors (Lipinski definition) is 4. The maximum atomic E-state index is 14.0. The lowest BCUT2D eigenvalue weighted by Crippen LogP contribution is -2.52. The molecular formula is C25H23Cl4N3O3. The molecule has 0 saturated carbocycles. The molecule has 0 spiro atoms. The number of carbonyl (C=O) groups excluding carboxylic acids is 3. The first-order valence-corrected chi connectivity index (χ1v) is 12.5. The predicted octanol–water partition coefficient (Wildman–Crippen LogP) is 5.05. The molecule has 3 aliphatic heterocycles. The highest BCUT2D eigenvalue weighted by Gasteiger charge is 2.69. The largest absolute Gasteiger partial charge is 0.331 e. The topological polar surface area (TPSA) is 69.7 Å². The van der Waals surface area contributed by atoms with Crippen LogP contribution >= 0.6 is 46.4 Å². The van der Waals surface area contributed by atoms with E-state index in [2.05, 4.69) is 23.4 Å². The minimum Gasteiger partial charge on any atom is -0.331 e. The Kier molecular flexibility index (Phi) is 7.24. The second-order valence-electron chi connectivity index (χ2n) is 8.96. The number of halogens is 4. The van der Waals surface area contributed by atoms with E-state index in [0.717, 1.165) is 10.5 Å². The number of hydrogen-bond donors (Lipinski definition) is 1. The summed E-state index contributed by atoms with van der Waals surface area (Å²) >= 11 is 25.0. The Hall–Kier alpha value is -2.09. The van der Waals surface area contributed by atoms with E-state index >= 15 is 0 Å². The van der Waals surface area contributed by atoms with Gasteiger partial charge in [-0.3, -0.25) is 19.3 Å². The van der Waals surface area contributed by atoms with Crippen molar-refractivity contribution in [2.24, 2.45) is 11.8 Å².